The van der Waals surface area contributed by atoms with Gasteiger partial charge in [0.25, 0.3) is 0 Å². The van der Waals surface area contributed by atoms with Crippen LogP contribution in [0.15, 0.2) is 0 Å². The lowest BCUT2D eigenvalue weighted by atomic mass is 10.0. The number of unbranched alkanes of at least 4 members (excludes halogenated alkanes) is 2. The second-order valence-electron chi connectivity index (χ2n) is 7.35. The molecule has 0 saturated carbocycles. The predicted octanol–water partition coefficient (Wildman–Crippen LogP) is 2.22. The minimum absolute atomic E-state index is 0.314. The van der Waals surface area contributed by atoms with Gasteiger partial charge < -0.3 is 29.6 Å². The summed E-state index contributed by atoms with van der Waals surface area (Å²) in [5.74, 6) is 2.72. The number of ketones is 1. The Kier molecular flexibility index (Phi) is 16.5. The van der Waals surface area contributed by atoms with E-state index >= 15 is 0 Å². The van der Waals surface area contributed by atoms with Crippen LogP contribution >= 0.6 is 12.2 Å². The molecule has 30 heavy (non-hydrogen) atoms. The van der Waals surface area contributed by atoms with Crippen LogP contribution < -0.4 is 10.6 Å². The van der Waals surface area contributed by atoms with Crippen molar-refractivity contribution in [1.82, 2.24) is 10.6 Å². The first-order chi connectivity index (χ1) is 14.6. The van der Waals surface area contributed by atoms with E-state index in [9.17, 15) is 4.79 Å². The second-order valence-corrected chi connectivity index (χ2v) is 7.76. The van der Waals surface area contributed by atoms with E-state index in [0.29, 0.717) is 83.6 Å². The number of ether oxygens (including phenoxy) is 4. The fraction of sp³-hybridized carbons (Fsp3) is 0.818. The molecule has 1 saturated heterocycles. The Labute approximate surface area is 186 Å². The van der Waals surface area contributed by atoms with Crippen molar-refractivity contribution < 1.29 is 23.7 Å². The van der Waals surface area contributed by atoms with E-state index in [0.717, 1.165) is 37.2 Å². The smallest absolute Gasteiger partial charge is 0.166 e. The number of terminal acetylenes is 1. The zero-order valence-corrected chi connectivity index (χ0v) is 19.1. The first kappa shape index (κ1) is 26.8. The maximum absolute atomic E-state index is 11.9. The first-order valence-corrected chi connectivity index (χ1v) is 11.4. The minimum atomic E-state index is 0.314. The summed E-state index contributed by atoms with van der Waals surface area (Å²) in [5, 5.41) is 7.26. The summed E-state index contributed by atoms with van der Waals surface area (Å²) in [6.07, 6.45) is 11.3. The Morgan fingerprint density at radius 3 is 2.10 bits per heavy atom. The monoisotopic (exact) mass is 442 g/mol. The Bertz CT molecular complexity index is 512. The Hall–Kier alpha value is -1.24. The zero-order chi connectivity index (χ0) is 21.9. The number of nitrogens with one attached hydrogen (secondary N) is 2. The van der Waals surface area contributed by atoms with E-state index in [4.69, 9.17) is 37.6 Å². The van der Waals surface area contributed by atoms with E-state index in [1.165, 1.54) is 0 Å². The van der Waals surface area contributed by atoms with Crippen molar-refractivity contribution in [3.8, 4) is 12.3 Å². The minimum Gasteiger partial charge on any atom is -0.379 e. The lowest BCUT2D eigenvalue weighted by molar-refractivity contribution is -0.119. The average Bonchev–Trinajstić information content (AvgIpc) is 3.05. The average molecular weight is 443 g/mol. The number of carbonyl (C=O) groups is 1. The molecule has 0 unspecified atom stereocenters. The van der Waals surface area contributed by atoms with Crippen LogP contribution in [0.4, 0.5) is 0 Å². The number of thiocarbonyl (C=S) groups is 1. The zero-order valence-electron chi connectivity index (χ0n) is 18.3. The Morgan fingerprint density at radius 1 is 0.900 bits per heavy atom. The fourth-order valence-corrected chi connectivity index (χ4v) is 3.45. The van der Waals surface area contributed by atoms with Gasteiger partial charge in [-0.25, -0.2) is 0 Å². The first-order valence-electron chi connectivity index (χ1n) is 11.0. The highest BCUT2D eigenvalue weighted by Crippen LogP contribution is 2.12. The van der Waals surface area contributed by atoms with Gasteiger partial charge in [-0.1, -0.05) is 18.8 Å². The fourth-order valence-electron chi connectivity index (χ4n) is 3.12. The number of hydrogen-bond acceptors (Lipinski definition) is 6. The van der Waals surface area contributed by atoms with Crippen LogP contribution in [-0.4, -0.2) is 75.8 Å². The molecule has 8 heteroatoms. The SMILES string of the molecule is C#CCOCCOCCOCCOCCCC(=O)CCCCC[C@H]1NC(=S)N[C@H]1C. The number of Topliss-reactive ketones (excluding diaryl/α,β-unsaturated/α-hetero) is 1. The van der Waals surface area contributed by atoms with Gasteiger partial charge in [0.2, 0.25) is 0 Å². The third kappa shape index (κ3) is 14.7. The molecule has 2 N–H and O–H groups in total. The van der Waals surface area contributed by atoms with Crippen molar-refractivity contribution in [3.63, 3.8) is 0 Å². The van der Waals surface area contributed by atoms with E-state index in [-0.39, 0.29) is 0 Å². The summed E-state index contributed by atoms with van der Waals surface area (Å²) in [4.78, 5) is 11.9. The van der Waals surface area contributed by atoms with E-state index in [2.05, 4.69) is 23.5 Å². The van der Waals surface area contributed by atoms with Crippen LogP contribution in [0.5, 0.6) is 0 Å². The Morgan fingerprint density at radius 2 is 1.50 bits per heavy atom. The second kappa shape index (κ2) is 18.5. The molecular weight excluding hydrogens is 404 g/mol. The van der Waals surface area contributed by atoms with Gasteiger partial charge in [-0.3, -0.25) is 4.79 Å². The normalized spacial score (nSPS) is 18.1. The van der Waals surface area contributed by atoms with Crippen LogP contribution in [0, 0.1) is 12.3 Å². The molecule has 2 atom stereocenters. The van der Waals surface area contributed by atoms with Gasteiger partial charge in [0.1, 0.15) is 12.4 Å². The summed E-state index contributed by atoms with van der Waals surface area (Å²) >= 11 is 5.12. The van der Waals surface area contributed by atoms with Crippen molar-refractivity contribution in [2.75, 3.05) is 52.9 Å². The molecule has 0 aliphatic carbocycles. The molecule has 0 aromatic heterocycles. The highest BCUT2D eigenvalue weighted by atomic mass is 32.1. The van der Waals surface area contributed by atoms with Gasteiger partial charge in [0.15, 0.2) is 5.11 Å². The van der Waals surface area contributed by atoms with Gasteiger partial charge in [0.05, 0.1) is 39.6 Å². The van der Waals surface area contributed by atoms with Crippen molar-refractivity contribution in [2.45, 2.75) is 64.0 Å². The largest absolute Gasteiger partial charge is 0.379 e. The molecule has 0 radical (unpaired) electrons. The standard InChI is InChI=1S/C22H38N2O5S/c1-3-11-26-13-15-28-17-18-29-16-14-27-12-7-9-20(25)8-5-4-6-10-21-19(2)23-22(30)24-21/h1,19,21H,4-18H2,2H3,(H2,23,24,30)/t19-,21+/m0/s1. The quantitative estimate of drug-likeness (QED) is 0.169. The lowest BCUT2D eigenvalue weighted by Gasteiger charge is -2.13. The van der Waals surface area contributed by atoms with Crippen LogP contribution in [0.3, 0.4) is 0 Å². The molecule has 1 fully saturated rings. The molecule has 7 nitrogen and oxygen atoms in total. The third-order valence-electron chi connectivity index (χ3n) is 4.80. The summed E-state index contributed by atoms with van der Waals surface area (Å²) in [6, 6.07) is 0.809. The molecule has 172 valence electrons. The molecule has 0 aromatic rings. The molecule has 1 rings (SSSR count). The third-order valence-corrected chi connectivity index (χ3v) is 5.03. The maximum Gasteiger partial charge on any atom is 0.166 e. The molecule has 0 spiro atoms. The van der Waals surface area contributed by atoms with Crippen LogP contribution in [0.25, 0.3) is 0 Å². The van der Waals surface area contributed by atoms with Crippen molar-refractivity contribution in [1.29, 1.82) is 0 Å². The van der Waals surface area contributed by atoms with Gasteiger partial charge in [-0.2, -0.15) is 0 Å². The number of hydrogen-bond donors (Lipinski definition) is 2. The summed E-state index contributed by atoms with van der Waals surface area (Å²) < 4.78 is 21.3. The number of carbonyl (C=O) groups excluding carboxylic acids is 1. The van der Waals surface area contributed by atoms with Crippen LogP contribution in [0.2, 0.25) is 0 Å². The summed E-state index contributed by atoms with van der Waals surface area (Å²) in [5.41, 5.74) is 0. The summed E-state index contributed by atoms with van der Waals surface area (Å²) in [7, 11) is 0. The molecule has 0 amide bonds. The van der Waals surface area contributed by atoms with Crippen LogP contribution in [0.1, 0.15) is 51.9 Å². The topological polar surface area (TPSA) is 78.0 Å². The van der Waals surface area contributed by atoms with Crippen molar-refractivity contribution >= 4 is 23.1 Å². The van der Waals surface area contributed by atoms with Gasteiger partial charge in [-0.15, -0.1) is 6.42 Å². The molecule has 1 heterocycles. The molecule has 1 aliphatic heterocycles. The Balaban J connectivity index is 1.77. The highest BCUT2D eigenvalue weighted by Gasteiger charge is 2.24. The number of rotatable bonds is 20. The molecular formula is C22H38N2O5S. The van der Waals surface area contributed by atoms with Crippen LogP contribution in [-0.2, 0) is 23.7 Å². The maximum atomic E-state index is 11.9. The van der Waals surface area contributed by atoms with E-state index in [1.54, 1.807) is 0 Å². The van der Waals surface area contributed by atoms with E-state index < -0.39 is 0 Å². The molecule has 0 bridgehead atoms. The van der Waals surface area contributed by atoms with Gasteiger partial charge in [-0.05, 0) is 38.4 Å². The lowest BCUT2D eigenvalue weighted by Crippen LogP contribution is -2.30. The summed E-state index contributed by atoms with van der Waals surface area (Å²) in [6.45, 7) is 6.17. The van der Waals surface area contributed by atoms with Gasteiger partial charge >= 0.3 is 0 Å². The van der Waals surface area contributed by atoms with Crippen molar-refractivity contribution in [2.24, 2.45) is 0 Å². The highest BCUT2D eigenvalue weighted by molar-refractivity contribution is 7.80. The van der Waals surface area contributed by atoms with Gasteiger partial charge in [0, 0.05) is 31.5 Å². The predicted molar refractivity (Wildman–Crippen MR) is 122 cm³/mol. The molecule has 1 aliphatic rings. The van der Waals surface area contributed by atoms with Crippen molar-refractivity contribution in [3.05, 3.63) is 0 Å². The molecule has 0 aromatic carbocycles. The van der Waals surface area contributed by atoms with E-state index in [1.807, 2.05) is 0 Å².